The number of pyridine rings is 3. The van der Waals surface area contributed by atoms with E-state index in [0.29, 0.717) is 39.0 Å². The van der Waals surface area contributed by atoms with E-state index < -0.39 is 23.1 Å². The van der Waals surface area contributed by atoms with Gasteiger partial charge in [0.1, 0.15) is 17.7 Å². The molecule has 0 radical (unpaired) electrons. The van der Waals surface area contributed by atoms with Crippen LogP contribution in [0.1, 0.15) is 48.2 Å². The standard InChI is InChI=1S/C49H33F2N9O3/c1-27(29-6-4-3-5-7-29)57-46-37(22-53)26-60(44-15-11-32(18-40(44)46)34-16-35(24-54-23-34)48-58-59-49(62)63-48)38-12-8-30(9-13-38)28(2)56-45-36(21-52)25-55-43-14-10-31(17-39(43)45)33-19-41(50)47(61)42(51)20-33/h3-20,23-28H,1-2H3,(H3,55,56,59,61,62)/p+1. The molecule has 9 rings (SSSR count). The molecule has 14 heteroatoms. The molecule has 0 aliphatic carbocycles. The maximum atomic E-state index is 14.3. The van der Waals surface area contributed by atoms with Crippen LogP contribution in [0.15, 0.2) is 143 Å². The summed E-state index contributed by atoms with van der Waals surface area (Å²) in [5.74, 6) is -3.78. The number of nitrogens with one attached hydrogen (secondary N) is 3. The van der Waals surface area contributed by atoms with Crippen LogP contribution in [0.4, 0.5) is 20.2 Å². The van der Waals surface area contributed by atoms with E-state index in [4.69, 9.17) is 4.42 Å². The molecular formula is C49H34F2N9O3+. The second-order valence-electron chi connectivity index (χ2n) is 14.9. The van der Waals surface area contributed by atoms with Crippen molar-refractivity contribution in [2.75, 3.05) is 10.6 Å². The Labute approximate surface area is 358 Å². The Balaban J connectivity index is 1.09. The zero-order valence-electron chi connectivity index (χ0n) is 33.6. The number of aromatic hydroxyl groups is 1. The van der Waals surface area contributed by atoms with Gasteiger partial charge in [-0.1, -0.05) is 48.5 Å². The highest BCUT2D eigenvalue weighted by molar-refractivity contribution is 5.97. The Bertz CT molecular complexity index is 3350. The van der Waals surface area contributed by atoms with Crippen molar-refractivity contribution in [3.05, 3.63) is 178 Å². The molecule has 0 amide bonds. The lowest BCUT2D eigenvalue weighted by Gasteiger charge is -2.19. The Morgan fingerprint density at radius 2 is 1.35 bits per heavy atom. The SMILES string of the molecule is CC(Nc1c(C#N)cnc2ccc(-c3cc(F)c(O)c(F)c3)cc12)c1ccc(-[n+]2cc(C#N)c(NC(C)c3ccccc3)c3cc(-c4cncc(-c5n[nH]c(=O)o5)c4)ccc32)cc1. The number of nitrogens with zero attached hydrogens (tertiary/aromatic N) is 6. The highest BCUT2D eigenvalue weighted by Gasteiger charge is 2.24. The van der Waals surface area contributed by atoms with Crippen LogP contribution in [0.5, 0.6) is 5.75 Å². The quantitative estimate of drug-likeness (QED) is 0.0969. The number of benzene rings is 5. The Morgan fingerprint density at radius 3 is 2.03 bits per heavy atom. The summed E-state index contributed by atoms with van der Waals surface area (Å²) >= 11 is 0. The number of halogens is 2. The monoisotopic (exact) mass is 834 g/mol. The van der Waals surface area contributed by atoms with Crippen molar-refractivity contribution >= 4 is 33.2 Å². The van der Waals surface area contributed by atoms with Crippen LogP contribution < -0.4 is 21.0 Å². The second kappa shape index (κ2) is 16.4. The molecule has 2 unspecified atom stereocenters. The van der Waals surface area contributed by atoms with Crippen LogP contribution >= 0.6 is 0 Å². The summed E-state index contributed by atoms with van der Waals surface area (Å²) in [4.78, 5) is 20.5. The third kappa shape index (κ3) is 7.65. The van der Waals surface area contributed by atoms with Crippen LogP contribution in [0.25, 0.3) is 61.2 Å². The number of phenols is 1. The van der Waals surface area contributed by atoms with Gasteiger partial charge < -0.3 is 20.2 Å². The average Bonchev–Trinajstić information content (AvgIpc) is 3.76. The minimum Gasteiger partial charge on any atom is -0.503 e. The fraction of sp³-hybridized carbons (Fsp3) is 0.0816. The first-order valence-electron chi connectivity index (χ1n) is 19.7. The van der Waals surface area contributed by atoms with Gasteiger partial charge in [-0.3, -0.25) is 9.97 Å². The predicted molar refractivity (Wildman–Crippen MR) is 234 cm³/mol. The molecule has 0 spiro atoms. The number of phenolic OH excluding ortho intramolecular Hbond substituents is 1. The van der Waals surface area contributed by atoms with Crippen LogP contribution in [0.3, 0.4) is 0 Å². The molecule has 9 aromatic rings. The molecule has 2 atom stereocenters. The molecule has 5 aromatic carbocycles. The highest BCUT2D eigenvalue weighted by Crippen LogP contribution is 2.36. The first kappa shape index (κ1) is 39.7. The fourth-order valence-corrected chi connectivity index (χ4v) is 7.67. The van der Waals surface area contributed by atoms with Gasteiger partial charge in [0.25, 0.3) is 5.89 Å². The van der Waals surface area contributed by atoms with E-state index in [1.165, 1.54) is 6.20 Å². The van der Waals surface area contributed by atoms with E-state index >= 15 is 0 Å². The Morgan fingerprint density at radius 1 is 0.714 bits per heavy atom. The lowest BCUT2D eigenvalue weighted by Crippen LogP contribution is -2.32. The molecule has 12 nitrogen and oxygen atoms in total. The first-order valence-corrected chi connectivity index (χ1v) is 19.7. The second-order valence-corrected chi connectivity index (χ2v) is 14.9. The number of H-pyrrole nitrogens is 1. The largest absolute Gasteiger partial charge is 0.503 e. The van der Waals surface area contributed by atoms with Gasteiger partial charge in [-0.05, 0) is 84.1 Å². The van der Waals surface area contributed by atoms with Crippen molar-refractivity contribution in [2.24, 2.45) is 0 Å². The third-order valence-electron chi connectivity index (χ3n) is 11.0. The minimum absolute atomic E-state index is 0.113. The lowest BCUT2D eigenvalue weighted by molar-refractivity contribution is -0.567. The van der Waals surface area contributed by atoms with Crippen molar-refractivity contribution in [1.29, 1.82) is 10.5 Å². The maximum Gasteiger partial charge on any atom is 0.434 e. The van der Waals surface area contributed by atoms with Crippen molar-refractivity contribution in [2.45, 2.75) is 25.9 Å². The zero-order chi connectivity index (χ0) is 43.8. The molecule has 63 heavy (non-hydrogen) atoms. The number of fused-ring (bicyclic) bond motifs is 2. The third-order valence-corrected chi connectivity index (χ3v) is 11.0. The van der Waals surface area contributed by atoms with Gasteiger partial charge in [-0.25, -0.2) is 18.7 Å². The molecule has 4 heterocycles. The summed E-state index contributed by atoms with van der Waals surface area (Å²) in [6.07, 6.45) is 6.55. The lowest BCUT2D eigenvalue weighted by atomic mass is 9.99. The average molecular weight is 835 g/mol. The normalized spacial score (nSPS) is 12.1. The maximum absolute atomic E-state index is 14.3. The van der Waals surface area contributed by atoms with Crippen LogP contribution in [-0.2, 0) is 0 Å². The van der Waals surface area contributed by atoms with Crippen LogP contribution in [0, 0.1) is 34.3 Å². The summed E-state index contributed by atoms with van der Waals surface area (Å²) < 4.78 is 35.8. The van der Waals surface area contributed by atoms with Gasteiger partial charge in [-0.15, -0.1) is 5.10 Å². The highest BCUT2D eigenvalue weighted by atomic mass is 19.1. The minimum atomic E-state index is -1.09. The zero-order valence-corrected chi connectivity index (χ0v) is 33.6. The summed E-state index contributed by atoms with van der Waals surface area (Å²) in [7, 11) is 0. The Hall–Kier alpha value is -8.75. The first-order chi connectivity index (χ1) is 30.6. The van der Waals surface area contributed by atoms with Gasteiger partial charge in [0, 0.05) is 59.8 Å². The number of aromatic nitrogens is 5. The van der Waals surface area contributed by atoms with E-state index in [9.17, 15) is 29.2 Å². The summed E-state index contributed by atoms with van der Waals surface area (Å²) in [5.41, 5.74) is 8.67. The number of aromatic amines is 1. The van der Waals surface area contributed by atoms with E-state index in [1.54, 1.807) is 30.6 Å². The van der Waals surface area contributed by atoms with Crippen molar-refractivity contribution < 1.29 is 22.9 Å². The van der Waals surface area contributed by atoms with Gasteiger partial charge >= 0.3 is 5.76 Å². The predicted octanol–water partition coefficient (Wildman–Crippen LogP) is 9.81. The topological polar surface area (TPSA) is 180 Å². The number of hydrogen-bond acceptors (Lipinski definition) is 10. The van der Waals surface area contributed by atoms with Gasteiger partial charge in [-0.2, -0.15) is 15.1 Å². The molecule has 0 saturated carbocycles. The molecule has 0 aliphatic rings. The van der Waals surface area contributed by atoms with Crippen LogP contribution in [0.2, 0.25) is 0 Å². The summed E-state index contributed by atoms with van der Waals surface area (Å²) in [5, 5.41) is 45.1. The van der Waals surface area contributed by atoms with Gasteiger partial charge in [0.05, 0.1) is 33.4 Å². The smallest absolute Gasteiger partial charge is 0.434 e. The van der Waals surface area contributed by atoms with E-state index in [1.807, 2.05) is 103 Å². The number of hydrogen-bond donors (Lipinski definition) is 4. The van der Waals surface area contributed by atoms with Crippen molar-refractivity contribution in [3.8, 4) is 57.3 Å². The molecule has 306 valence electrons. The van der Waals surface area contributed by atoms with E-state index in [2.05, 4.69) is 42.9 Å². The fourth-order valence-electron chi connectivity index (χ4n) is 7.67. The molecule has 0 aliphatic heterocycles. The summed E-state index contributed by atoms with van der Waals surface area (Å²) in [6.45, 7) is 3.99. The van der Waals surface area contributed by atoms with E-state index in [0.717, 1.165) is 51.0 Å². The van der Waals surface area contributed by atoms with Gasteiger partial charge in [0.15, 0.2) is 23.6 Å². The number of anilines is 2. The van der Waals surface area contributed by atoms with Gasteiger partial charge in [0.2, 0.25) is 11.2 Å². The molecule has 0 fully saturated rings. The molecule has 0 saturated heterocycles. The number of rotatable bonds is 10. The van der Waals surface area contributed by atoms with Crippen molar-refractivity contribution in [3.63, 3.8) is 0 Å². The Kier molecular flexibility index (Phi) is 10.3. The molecule has 4 aromatic heterocycles. The summed E-state index contributed by atoms with van der Waals surface area (Å²) in [6, 6.07) is 36.9. The number of nitriles is 2. The molecule has 0 bridgehead atoms. The van der Waals surface area contributed by atoms with Crippen molar-refractivity contribution in [1.82, 2.24) is 20.2 Å². The van der Waals surface area contributed by atoms with Crippen LogP contribution in [-0.4, -0.2) is 25.3 Å². The molecular weight excluding hydrogens is 801 g/mol. The molecule has 4 N–H and O–H groups in total. The van der Waals surface area contributed by atoms with E-state index in [-0.39, 0.29) is 29.1 Å².